The van der Waals surface area contributed by atoms with Gasteiger partial charge in [0.15, 0.2) is 0 Å². The van der Waals surface area contributed by atoms with Crippen molar-refractivity contribution in [1.29, 1.82) is 0 Å². The zero-order chi connectivity index (χ0) is 19.2. The maximum absolute atomic E-state index is 12.7. The van der Waals surface area contributed by atoms with Crippen molar-refractivity contribution >= 4 is 20.2 Å². The van der Waals surface area contributed by atoms with Gasteiger partial charge in [-0.05, 0) is 41.4 Å². The van der Waals surface area contributed by atoms with Crippen LogP contribution in [-0.4, -0.2) is 24.5 Å². The molecule has 0 heterocycles. The Morgan fingerprint density at radius 3 is 1.73 bits per heavy atom. The Balaban J connectivity index is 2.25. The number of rotatable bonds is 6. The van der Waals surface area contributed by atoms with Crippen molar-refractivity contribution in [2.24, 2.45) is 0 Å². The van der Waals surface area contributed by atoms with Gasteiger partial charge in [-0.1, -0.05) is 54.4 Å². The third-order valence-electron chi connectivity index (χ3n) is 4.00. The van der Waals surface area contributed by atoms with E-state index in [0.29, 0.717) is 0 Å². The van der Waals surface area contributed by atoms with Crippen LogP contribution >= 0.6 is 0 Å². The topological polar surface area (TPSA) is 40.5 Å². The number of phenolic OH excluding ortho intramolecular Hbond substituents is 2. The average Bonchev–Trinajstić information content (AvgIpc) is 2.56. The number of phenols is 2. The molecule has 2 N–H and O–H groups in total. The first-order valence-electron chi connectivity index (χ1n) is 8.19. The van der Waals surface area contributed by atoms with Gasteiger partial charge in [-0.25, -0.2) is 0 Å². The molecule has 0 fully saturated rings. The van der Waals surface area contributed by atoms with Crippen LogP contribution in [0.5, 0.6) is 11.5 Å². The maximum Gasteiger partial charge on any atom is 0.388 e. The molecule has 0 saturated carbocycles. The molecular weight excluding hydrogens is 357 g/mol. The fourth-order valence-corrected chi connectivity index (χ4v) is 4.88. The number of benzene rings is 2. The molecule has 0 aliphatic heterocycles. The molecule has 0 aliphatic carbocycles. The number of alkyl halides is 3. The maximum atomic E-state index is 12.7. The summed E-state index contributed by atoms with van der Waals surface area (Å²) in [5.41, 5.74) is 5.16. The highest BCUT2D eigenvalue weighted by molar-refractivity contribution is 6.88. The summed E-state index contributed by atoms with van der Waals surface area (Å²) < 4.78 is 38.2. The second kappa shape index (κ2) is 8.27. The van der Waals surface area contributed by atoms with Gasteiger partial charge < -0.3 is 10.2 Å². The highest BCUT2D eigenvalue weighted by atomic mass is 28.3. The van der Waals surface area contributed by atoms with Crippen molar-refractivity contribution in [1.82, 2.24) is 0 Å². The van der Waals surface area contributed by atoms with E-state index in [1.807, 2.05) is 17.9 Å². The van der Waals surface area contributed by atoms with Crippen molar-refractivity contribution in [2.45, 2.75) is 25.2 Å². The molecule has 2 rings (SSSR count). The molecule has 0 unspecified atom stereocenters. The van der Waals surface area contributed by atoms with E-state index in [-0.39, 0.29) is 17.5 Å². The quantitative estimate of drug-likeness (QED) is 0.611. The molecule has 138 valence electrons. The van der Waals surface area contributed by atoms with Gasteiger partial charge in [-0.3, -0.25) is 0 Å². The molecule has 0 spiro atoms. The molecule has 0 radical (unpaired) electrons. The lowest BCUT2D eigenvalue weighted by Crippen LogP contribution is -2.27. The Hall–Kier alpha value is -2.47. The third kappa shape index (κ3) is 6.80. The minimum Gasteiger partial charge on any atom is -0.508 e. The van der Waals surface area contributed by atoms with E-state index in [2.05, 4.69) is 0 Å². The minimum absolute atomic E-state index is 0.0289. The lowest BCUT2D eigenvalue weighted by atomic mass is 10.2. The fourth-order valence-electron chi connectivity index (χ4n) is 2.46. The number of hydrogen-bond acceptors (Lipinski definition) is 2. The Morgan fingerprint density at radius 2 is 1.35 bits per heavy atom. The van der Waals surface area contributed by atoms with Gasteiger partial charge in [0, 0.05) is 6.42 Å². The summed E-state index contributed by atoms with van der Waals surface area (Å²) in [6.07, 6.45) is -1.53. The molecule has 0 bridgehead atoms. The lowest BCUT2D eigenvalue weighted by molar-refractivity contribution is -0.130. The molecular formula is C20H21F3O2Si. The molecule has 26 heavy (non-hydrogen) atoms. The first kappa shape index (κ1) is 19.8. The van der Waals surface area contributed by atoms with Crippen LogP contribution in [0.4, 0.5) is 13.2 Å². The smallest absolute Gasteiger partial charge is 0.388 e. The van der Waals surface area contributed by atoms with Gasteiger partial charge in [-0.2, -0.15) is 13.2 Å². The zero-order valence-electron chi connectivity index (χ0n) is 14.4. The van der Waals surface area contributed by atoms with E-state index >= 15 is 0 Å². The van der Waals surface area contributed by atoms with Gasteiger partial charge >= 0.3 is 6.18 Å². The van der Waals surface area contributed by atoms with Crippen molar-refractivity contribution < 1.29 is 23.4 Å². The number of halogens is 3. The first-order valence-corrected chi connectivity index (χ1v) is 11.0. The van der Waals surface area contributed by atoms with E-state index in [1.165, 1.54) is 0 Å². The molecule has 2 aromatic rings. The van der Waals surface area contributed by atoms with Gasteiger partial charge in [0.05, 0.1) is 8.07 Å². The number of aromatic hydroxyl groups is 2. The fraction of sp³-hybridized carbons (Fsp3) is 0.200. The summed E-state index contributed by atoms with van der Waals surface area (Å²) in [7, 11) is -2.50. The average molecular weight is 378 g/mol. The van der Waals surface area contributed by atoms with Gasteiger partial charge in [-0.15, -0.1) is 0 Å². The molecule has 2 aromatic carbocycles. The van der Waals surface area contributed by atoms with Crippen LogP contribution in [0.2, 0.25) is 12.6 Å². The first-order chi connectivity index (χ1) is 12.2. The molecule has 0 amide bonds. The molecule has 0 aromatic heterocycles. The van der Waals surface area contributed by atoms with Crippen LogP contribution in [0.3, 0.4) is 0 Å². The van der Waals surface area contributed by atoms with E-state index in [9.17, 15) is 23.4 Å². The van der Waals surface area contributed by atoms with Crippen LogP contribution in [-0.2, 0) is 0 Å². The summed E-state index contributed by atoms with van der Waals surface area (Å²) in [6, 6.07) is 13.2. The molecule has 2 nitrogen and oxygen atoms in total. The van der Waals surface area contributed by atoms with Crippen LogP contribution in [0.15, 0.2) is 59.9 Å². The lowest BCUT2D eigenvalue weighted by Gasteiger charge is -2.20. The largest absolute Gasteiger partial charge is 0.508 e. The summed E-state index contributed by atoms with van der Waals surface area (Å²) >= 11 is 0. The van der Waals surface area contributed by atoms with E-state index in [4.69, 9.17) is 0 Å². The van der Waals surface area contributed by atoms with Gasteiger partial charge in [0.1, 0.15) is 11.5 Å². The van der Waals surface area contributed by atoms with Crippen LogP contribution in [0, 0.1) is 0 Å². The van der Waals surface area contributed by atoms with Crippen molar-refractivity contribution in [3.63, 3.8) is 0 Å². The normalized spacial score (nSPS) is 14.8. The predicted molar refractivity (Wildman–Crippen MR) is 101 cm³/mol. The second-order valence-corrected chi connectivity index (χ2v) is 10.7. The van der Waals surface area contributed by atoms with E-state index < -0.39 is 20.7 Å². The highest BCUT2D eigenvalue weighted by Crippen LogP contribution is 2.28. The Bertz CT molecular complexity index is 742. The predicted octanol–water partition coefficient (Wildman–Crippen LogP) is 5.93. The van der Waals surface area contributed by atoms with Gasteiger partial charge in [0.2, 0.25) is 0 Å². The summed E-state index contributed by atoms with van der Waals surface area (Å²) in [6.45, 7) is 1.86. The number of hydrogen-bond donors (Lipinski definition) is 2. The Labute approximate surface area is 151 Å². The second-order valence-electron chi connectivity index (χ2n) is 6.48. The van der Waals surface area contributed by atoms with Crippen molar-refractivity contribution in [2.75, 3.05) is 0 Å². The molecule has 0 aliphatic rings. The molecule has 0 saturated heterocycles. The van der Waals surface area contributed by atoms with Crippen molar-refractivity contribution in [3.8, 4) is 11.5 Å². The van der Waals surface area contributed by atoms with Gasteiger partial charge in [0.25, 0.3) is 0 Å². The van der Waals surface area contributed by atoms with Crippen molar-refractivity contribution in [3.05, 3.63) is 71.1 Å². The minimum atomic E-state index is -4.20. The molecule has 0 atom stereocenters. The van der Waals surface area contributed by atoms with Crippen LogP contribution < -0.4 is 0 Å². The van der Waals surface area contributed by atoms with E-state index in [0.717, 1.165) is 11.1 Å². The summed E-state index contributed by atoms with van der Waals surface area (Å²) in [5, 5.41) is 19.0. The summed E-state index contributed by atoms with van der Waals surface area (Å²) in [4.78, 5) is 0. The summed E-state index contributed by atoms with van der Waals surface area (Å²) in [5.74, 6) is 0.224. The SMILES string of the molecule is C[Si](C=Cc1cccc(O)c1)(C=Cc1cccc(O)c1)CCC(F)(F)F. The van der Waals surface area contributed by atoms with E-state index in [1.54, 1.807) is 60.7 Å². The zero-order valence-corrected chi connectivity index (χ0v) is 15.4. The Kier molecular flexibility index (Phi) is 6.31. The third-order valence-corrected chi connectivity index (χ3v) is 7.18. The van der Waals surface area contributed by atoms with Crippen LogP contribution in [0.25, 0.3) is 12.2 Å². The van der Waals surface area contributed by atoms with Crippen LogP contribution in [0.1, 0.15) is 17.5 Å². The monoisotopic (exact) mass is 378 g/mol. The molecule has 6 heteroatoms. The highest BCUT2D eigenvalue weighted by Gasteiger charge is 2.32. The Morgan fingerprint density at radius 1 is 0.885 bits per heavy atom. The standard InChI is InChI=1S/C20H21F3O2Si/c1-26(13-10-20(21,22)23,11-8-16-4-2-6-18(24)14-16)12-9-17-5-3-7-19(25)15-17/h2-9,11-12,14-15,24-25H,10,13H2,1H3.